The molecule has 7 heteroatoms. The van der Waals surface area contributed by atoms with Gasteiger partial charge in [0, 0.05) is 29.3 Å². The van der Waals surface area contributed by atoms with Crippen LogP contribution < -0.4 is 10.6 Å². The zero-order valence-corrected chi connectivity index (χ0v) is 15.3. The van der Waals surface area contributed by atoms with Crippen LogP contribution in [0.25, 0.3) is 5.76 Å². The minimum Gasteiger partial charge on any atom is -0.501 e. The summed E-state index contributed by atoms with van der Waals surface area (Å²) in [7, 11) is 3.07. The lowest BCUT2D eigenvalue weighted by molar-refractivity contribution is -0.137. The van der Waals surface area contributed by atoms with Crippen LogP contribution in [-0.2, 0) is 14.3 Å². The summed E-state index contributed by atoms with van der Waals surface area (Å²) in [6.45, 7) is 1.73. The first-order valence-corrected chi connectivity index (χ1v) is 8.36. The molecule has 0 saturated carbocycles. The van der Waals surface area contributed by atoms with Crippen molar-refractivity contribution in [1.82, 2.24) is 4.98 Å². The number of methoxy groups -OCH3 is 2. The van der Waals surface area contributed by atoms with Gasteiger partial charge in [0.1, 0.15) is 5.76 Å². The number of pyridine rings is 1. The highest BCUT2D eigenvalue weighted by Gasteiger charge is 2.34. The van der Waals surface area contributed by atoms with Gasteiger partial charge in [-0.1, -0.05) is 12.1 Å². The second-order valence-electron chi connectivity index (χ2n) is 5.90. The zero-order chi connectivity index (χ0) is 19.4. The summed E-state index contributed by atoms with van der Waals surface area (Å²) >= 11 is 0. The third-order valence-corrected chi connectivity index (χ3v) is 4.34. The fourth-order valence-corrected chi connectivity index (χ4v) is 3.03. The Labute approximate surface area is 157 Å². The number of ether oxygens (including phenoxy) is 2. The molecule has 1 aliphatic heterocycles. The molecule has 1 aromatic carbocycles. The summed E-state index contributed by atoms with van der Waals surface area (Å²) in [5.41, 5.74) is 3.14. The maximum absolute atomic E-state index is 12.1. The largest absolute Gasteiger partial charge is 0.501 e. The van der Waals surface area contributed by atoms with E-state index in [2.05, 4.69) is 15.6 Å². The van der Waals surface area contributed by atoms with Gasteiger partial charge < -0.3 is 25.2 Å². The Kier molecular flexibility index (Phi) is 5.30. The number of carboxylic acids is 1. The molecule has 2 heterocycles. The van der Waals surface area contributed by atoms with Crippen molar-refractivity contribution in [2.75, 3.05) is 24.9 Å². The first kappa shape index (κ1) is 18.3. The molecule has 0 amide bonds. The number of carbonyl (C=O) groups is 1. The minimum absolute atomic E-state index is 0.454. The van der Waals surface area contributed by atoms with Gasteiger partial charge in [0.25, 0.3) is 0 Å². The number of allylic oxidation sites excluding steroid dienone is 1. The topological polar surface area (TPSA) is 92.7 Å². The average molecular weight is 367 g/mol. The third kappa shape index (κ3) is 3.57. The van der Waals surface area contributed by atoms with Crippen molar-refractivity contribution in [1.29, 1.82) is 0 Å². The van der Waals surface area contributed by atoms with Gasteiger partial charge in [-0.15, -0.1) is 0 Å². The van der Waals surface area contributed by atoms with Crippen LogP contribution in [0.15, 0.2) is 65.8 Å². The molecule has 1 aliphatic rings. The molecule has 0 bridgehead atoms. The van der Waals surface area contributed by atoms with Crippen LogP contribution in [0.5, 0.6) is 0 Å². The zero-order valence-electron chi connectivity index (χ0n) is 15.3. The molecule has 1 aromatic heterocycles. The molecule has 7 nitrogen and oxygen atoms in total. The van der Waals surface area contributed by atoms with Gasteiger partial charge in [0.2, 0.25) is 0 Å². The first-order chi connectivity index (χ1) is 13.1. The Morgan fingerprint density at radius 3 is 2.52 bits per heavy atom. The number of hydrogen-bond acceptors (Lipinski definition) is 6. The predicted octanol–water partition coefficient (Wildman–Crippen LogP) is 3.31. The Balaban J connectivity index is 2.30. The highest BCUT2D eigenvalue weighted by molar-refractivity contribution is 5.91. The lowest BCUT2D eigenvalue weighted by Crippen LogP contribution is -2.33. The van der Waals surface area contributed by atoms with Crippen LogP contribution in [0.1, 0.15) is 12.5 Å². The second-order valence-corrected chi connectivity index (χ2v) is 5.90. The maximum Gasteiger partial charge on any atom is 0.331 e. The summed E-state index contributed by atoms with van der Waals surface area (Å²) in [4.78, 5) is 16.1. The fraction of sp³-hybridized carbons (Fsp3) is 0.200. The number of fused-ring (bicyclic) bond motifs is 1. The fourth-order valence-electron chi connectivity index (χ4n) is 3.03. The van der Waals surface area contributed by atoms with E-state index in [-0.39, 0.29) is 0 Å². The van der Waals surface area contributed by atoms with E-state index in [4.69, 9.17) is 9.47 Å². The van der Waals surface area contributed by atoms with Gasteiger partial charge >= 0.3 is 5.97 Å². The van der Waals surface area contributed by atoms with E-state index in [1.807, 2.05) is 24.3 Å². The van der Waals surface area contributed by atoms with Crippen molar-refractivity contribution >= 4 is 23.1 Å². The van der Waals surface area contributed by atoms with Crippen molar-refractivity contribution in [3.63, 3.8) is 0 Å². The molecule has 0 saturated heterocycles. The van der Waals surface area contributed by atoms with Crippen molar-refractivity contribution in [2.45, 2.75) is 13.0 Å². The Morgan fingerprint density at radius 1 is 1.19 bits per heavy atom. The Hall–Kier alpha value is -3.48. The maximum atomic E-state index is 12.1. The molecule has 0 fully saturated rings. The van der Waals surface area contributed by atoms with Crippen molar-refractivity contribution in [3.8, 4) is 0 Å². The van der Waals surface area contributed by atoms with Gasteiger partial charge in [-0.25, -0.2) is 4.79 Å². The molecular weight excluding hydrogens is 346 g/mol. The highest BCUT2D eigenvalue weighted by atomic mass is 16.5. The summed E-state index contributed by atoms with van der Waals surface area (Å²) in [5, 5.41) is 16.3. The molecule has 1 atom stereocenters. The molecule has 0 aliphatic carbocycles. The smallest absolute Gasteiger partial charge is 0.331 e. The SMILES string of the molecule is COC1=C(Nc2ccncc2)/C(=C(/C)OC)C(C(=O)O)Nc2ccccc21. The summed E-state index contributed by atoms with van der Waals surface area (Å²) in [6, 6.07) is 9.96. The number of benzene rings is 1. The first-order valence-electron chi connectivity index (χ1n) is 8.36. The Morgan fingerprint density at radius 2 is 1.89 bits per heavy atom. The van der Waals surface area contributed by atoms with Crippen LogP contribution in [0.2, 0.25) is 0 Å². The number of carboxylic acid groups (broad SMARTS) is 1. The number of hydrogen-bond donors (Lipinski definition) is 3. The van der Waals surface area contributed by atoms with Crippen molar-refractivity contribution in [3.05, 3.63) is 71.4 Å². The van der Waals surface area contributed by atoms with E-state index < -0.39 is 12.0 Å². The normalized spacial score (nSPS) is 18.0. The number of rotatable bonds is 5. The standard InChI is InChI=1S/C20H21N3O4/c1-12(26-2)16-17(22-13-8-10-21-11-9-13)19(27-3)14-6-4-5-7-15(14)23-18(16)20(24)25/h4-11,18,23H,1-3H3,(H,21,22)(H,24,25)/b16-12+. The molecule has 1 unspecified atom stereocenters. The van der Waals surface area contributed by atoms with E-state index in [0.717, 1.165) is 11.3 Å². The highest BCUT2D eigenvalue weighted by Crippen LogP contribution is 2.37. The molecule has 0 radical (unpaired) electrons. The molecule has 2 aromatic rings. The summed E-state index contributed by atoms with van der Waals surface area (Å²) in [5.74, 6) is -0.0403. The lowest BCUT2D eigenvalue weighted by atomic mass is 10.0. The number of aliphatic carboxylic acids is 1. The molecule has 0 spiro atoms. The number of nitrogens with one attached hydrogen (secondary N) is 2. The van der Waals surface area contributed by atoms with Crippen LogP contribution in [0.3, 0.4) is 0 Å². The minimum atomic E-state index is -1.03. The average Bonchev–Trinajstić information content (AvgIpc) is 2.82. The Bertz CT molecular complexity index is 906. The second kappa shape index (κ2) is 7.82. The van der Waals surface area contributed by atoms with Gasteiger partial charge in [-0.05, 0) is 31.2 Å². The van der Waals surface area contributed by atoms with Crippen LogP contribution in [0, 0.1) is 0 Å². The van der Waals surface area contributed by atoms with E-state index in [9.17, 15) is 9.90 Å². The number of anilines is 2. The summed E-state index contributed by atoms with van der Waals surface area (Å²) < 4.78 is 11.1. The van der Waals surface area contributed by atoms with Gasteiger partial charge in [-0.3, -0.25) is 4.98 Å². The van der Waals surface area contributed by atoms with E-state index in [0.29, 0.717) is 28.5 Å². The molecular formula is C20H21N3O4. The number of para-hydroxylation sites is 1. The van der Waals surface area contributed by atoms with Crippen molar-refractivity contribution < 1.29 is 19.4 Å². The summed E-state index contributed by atoms with van der Waals surface area (Å²) in [6.07, 6.45) is 3.30. The van der Waals surface area contributed by atoms with Crippen molar-refractivity contribution in [2.24, 2.45) is 0 Å². The quantitative estimate of drug-likeness (QED) is 0.698. The molecule has 3 rings (SSSR count). The van der Waals surface area contributed by atoms with E-state index in [1.54, 1.807) is 38.6 Å². The molecule has 3 N–H and O–H groups in total. The number of aromatic nitrogens is 1. The number of nitrogens with zero attached hydrogens (tertiary/aromatic N) is 1. The van der Waals surface area contributed by atoms with E-state index in [1.165, 1.54) is 7.11 Å². The third-order valence-electron chi connectivity index (χ3n) is 4.34. The van der Waals surface area contributed by atoms with E-state index >= 15 is 0 Å². The lowest BCUT2D eigenvalue weighted by Gasteiger charge is -2.22. The van der Waals surface area contributed by atoms with Gasteiger partial charge in [0.15, 0.2) is 11.8 Å². The van der Waals surface area contributed by atoms with Crippen LogP contribution in [-0.4, -0.2) is 36.3 Å². The molecule has 140 valence electrons. The van der Waals surface area contributed by atoms with Crippen LogP contribution >= 0.6 is 0 Å². The monoisotopic (exact) mass is 367 g/mol. The van der Waals surface area contributed by atoms with Gasteiger partial charge in [0.05, 0.1) is 25.5 Å². The molecule has 27 heavy (non-hydrogen) atoms. The predicted molar refractivity (Wildman–Crippen MR) is 103 cm³/mol. The van der Waals surface area contributed by atoms with Gasteiger partial charge in [-0.2, -0.15) is 0 Å². The van der Waals surface area contributed by atoms with Crippen LogP contribution in [0.4, 0.5) is 11.4 Å².